The van der Waals surface area contributed by atoms with Crippen molar-refractivity contribution in [2.45, 2.75) is 13.3 Å². The maximum Gasteiger partial charge on any atom is 0.134 e. The third-order valence-corrected chi connectivity index (χ3v) is 4.78. The van der Waals surface area contributed by atoms with Crippen molar-refractivity contribution >= 4 is 39.9 Å². The number of ketones is 1. The van der Waals surface area contributed by atoms with Gasteiger partial charge in [-0.3, -0.25) is 4.79 Å². The number of hydrogen-bond donors (Lipinski definition) is 1. The smallest absolute Gasteiger partial charge is 0.134 e. The van der Waals surface area contributed by atoms with Crippen LogP contribution in [0.3, 0.4) is 0 Å². The van der Waals surface area contributed by atoms with Gasteiger partial charge in [0.05, 0.1) is 34.1 Å². The molecule has 4 aromatic rings. The van der Waals surface area contributed by atoms with E-state index in [-0.39, 0.29) is 11.5 Å². The number of hydrogen-bond acceptors (Lipinski definition) is 8. The van der Waals surface area contributed by atoms with E-state index in [9.17, 15) is 9.90 Å². The largest absolute Gasteiger partial charge is 0.508 e. The first-order chi connectivity index (χ1) is 17.0. The molecule has 0 radical (unpaired) electrons. The van der Waals surface area contributed by atoms with Crippen molar-refractivity contribution in [2.75, 3.05) is 0 Å². The highest BCUT2D eigenvalue weighted by Crippen LogP contribution is 2.26. The van der Waals surface area contributed by atoms with Gasteiger partial charge in [-0.25, -0.2) is 0 Å². The van der Waals surface area contributed by atoms with Crippen molar-refractivity contribution in [2.24, 2.45) is 30.7 Å². The standard InChI is InChI=1S/C27H22N6O2/c1-19(34)18-20-2-4-21(5-3-20)28-29-22-6-8-23(9-7-22)30-31-24-10-12-25(13-11-24)32-33-26-14-16-27(35)17-15-26/h2-17,35H,18H2,1H3. The van der Waals surface area contributed by atoms with E-state index in [1.807, 2.05) is 48.5 Å². The van der Waals surface area contributed by atoms with Crippen molar-refractivity contribution in [1.82, 2.24) is 0 Å². The van der Waals surface area contributed by atoms with E-state index in [2.05, 4.69) is 30.7 Å². The second-order valence-electron chi connectivity index (χ2n) is 7.69. The second kappa shape index (κ2) is 11.3. The van der Waals surface area contributed by atoms with Gasteiger partial charge in [-0.05, 0) is 97.4 Å². The highest BCUT2D eigenvalue weighted by molar-refractivity contribution is 5.78. The first kappa shape index (κ1) is 23.3. The molecule has 0 aromatic heterocycles. The average Bonchev–Trinajstić information content (AvgIpc) is 2.88. The van der Waals surface area contributed by atoms with Crippen molar-refractivity contribution in [3.8, 4) is 5.75 Å². The zero-order chi connectivity index (χ0) is 24.5. The minimum atomic E-state index is 0.127. The maximum absolute atomic E-state index is 11.2. The summed E-state index contributed by atoms with van der Waals surface area (Å²) in [5, 5.41) is 34.6. The van der Waals surface area contributed by atoms with Gasteiger partial charge in [0.2, 0.25) is 0 Å². The van der Waals surface area contributed by atoms with Crippen LogP contribution >= 0.6 is 0 Å². The second-order valence-corrected chi connectivity index (χ2v) is 7.69. The molecule has 0 spiro atoms. The van der Waals surface area contributed by atoms with Crippen molar-refractivity contribution in [3.05, 3.63) is 103 Å². The first-order valence-electron chi connectivity index (χ1n) is 10.9. The molecule has 4 aromatic carbocycles. The number of carbonyl (C=O) groups is 1. The number of phenolic OH excluding ortho intramolecular Hbond substituents is 1. The summed E-state index contributed by atoms with van der Waals surface area (Å²) in [6, 6.07) is 28.4. The summed E-state index contributed by atoms with van der Waals surface area (Å²) in [5.41, 5.74) is 5.07. The van der Waals surface area contributed by atoms with Crippen LogP contribution in [0.25, 0.3) is 0 Å². The highest BCUT2D eigenvalue weighted by atomic mass is 16.3. The number of azo groups is 3. The van der Waals surface area contributed by atoms with Crippen molar-refractivity contribution in [3.63, 3.8) is 0 Å². The lowest BCUT2D eigenvalue weighted by Crippen LogP contribution is -1.94. The maximum atomic E-state index is 11.2. The quantitative estimate of drug-likeness (QED) is 0.264. The van der Waals surface area contributed by atoms with Gasteiger partial charge >= 0.3 is 0 Å². The number of aromatic hydroxyl groups is 1. The molecule has 8 nitrogen and oxygen atoms in total. The Morgan fingerprint density at radius 2 is 0.771 bits per heavy atom. The summed E-state index contributed by atoms with van der Waals surface area (Å²) >= 11 is 0. The lowest BCUT2D eigenvalue weighted by molar-refractivity contribution is -0.116. The molecule has 0 saturated carbocycles. The zero-order valence-electron chi connectivity index (χ0n) is 19.0. The molecule has 0 fully saturated rings. The van der Waals surface area contributed by atoms with Gasteiger partial charge in [-0.1, -0.05) is 12.1 Å². The lowest BCUT2D eigenvalue weighted by Gasteiger charge is -1.98. The van der Waals surface area contributed by atoms with Gasteiger partial charge in [-0.15, -0.1) is 0 Å². The fraction of sp³-hybridized carbons (Fsp3) is 0.0741. The SMILES string of the molecule is CC(=O)Cc1ccc(N=Nc2ccc(N=Nc3ccc(N=Nc4ccc(O)cc4)cc3)cc2)cc1. The van der Waals surface area contributed by atoms with E-state index in [0.29, 0.717) is 40.5 Å². The van der Waals surface area contributed by atoms with Crippen LogP contribution < -0.4 is 0 Å². The Morgan fingerprint density at radius 1 is 0.514 bits per heavy atom. The number of carbonyl (C=O) groups excluding carboxylic acids is 1. The molecule has 4 rings (SSSR count). The molecule has 0 amide bonds. The molecule has 172 valence electrons. The predicted octanol–water partition coefficient (Wildman–Crippen LogP) is 8.77. The number of nitrogens with zero attached hydrogens (tertiary/aromatic N) is 6. The Morgan fingerprint density at radius 3 is 1.06 bits per heavy atom. The summed E-state index contributed by atoms with van der Waals surface area (Å²) in [7, 11) is 0. The van der Waals surface area contributed by atoms with E-state index >= 15 is 0 Å². The van der Waals surface area contributed by atoms with Gasteiger partial charge in [0.25, 0.3) is 0 Å². The van der Waals surface area contributed by atoms with Crippen molar-refractivity contribution < 1.29 is 9.90 Å². The summed E-state index contributed by atoms with van der Waals surface area (Å²) in [6.45, 7) is 1.57. The van der Waals surface area contributed by atoms with Crippen molar-refractivity contribution in [1.29, 1.82) is 0 Å². The van der Waals surface area contributed by atoms with Gasteiger partial charge in [0.1, 0.15) is 11.5 Å². The van der Waals surface area contributed by atoms with E-state index in [4.69, 9.17) is 0 Å². The third-order valence-electron chi connectivity index (χ3n) is 4.78. The average molecular weight is 463 g/mol. The summed E-state index contributed by atoms with van der Waals surface area (Å²) in [6.07, 6.45) is 0.420. The number of benzene rings is 4. The number of rotatable bonds is 8. The van der Waals surface area contributed by atoms with Crippen LogP contribution in [0.4, 0.5) is 34.1 Å². The topological polar surface area (TPSA) is 111 Å². The van der Waals surface area contributed by atoms with Crippen LogP contribution in [-0.2, 0) is 11.2 Å². The Kier molecular flexibility index (Phi) is 7.55. The summed E-state index contributed by atoms with van der Waals surface area (Å²) in [4.78, 5) is 11.2. The molecule has 8 heteroatoms. The Bertz CT molecular complexity index is 1360. The molecule has 0 saturated heterocycles. The Balaban J connectivity index is 1.32. The van der Waals surface area contributed by atoms with Gasteiger partial charge in [0, 0.05) is 6.42 Å². The summed E-state index contributed by atoms with van der Waals surface area (Å²) < 4.78 is 0. The molecule has 0 aliphatic rings. The fourth-order valence-corrected chi connectivity index (χ4v) is 3.01. The van der Waals surface area contributed by atoms with E-state index in [1.165, 1.54) is 0 Å². The Labute approximate surface area is 202 Å². The molecule has 35 heavy (non-hydrogen) atoms. The van der Waals surface area contributed by atoms with Gasteiger partial charge in [-0.2, -0.15) is 30.7 Å². The van der Waals surface area contributed by atoms with Crippen LogP contribution in [0.15, 0.2) is 128 Å². The molecule has 0 aliphatic carbocycles. The van der Waals surface area contributed by atoms with Crippen LogP contribution in [0.2, 0.25) is 0 Å². The fourth-order valence-electron chi connectivity index (χ4n) is 3.01. The summed E-state index contributed by atoms with van der Waals surface area (Å²) in [5.74, 6) is 0.313. The molecule has 0 bridgehead atoms. The van der Waals surface area contributed by atoms with E-state index in [0.717, 1.165) is 5.56 Å². The normalized spacial score (nSPS) is 11.6. The van der Waals surface area contributed by atoms with Crippen LogP contribution in [0.1, 0.15) is 12.5 Å². The number of Topliss-reactive ketones (excluding diaryl/α,β-unsaturated/α-hetero) is 1. The molecule has 1 N–H and O–H groups in total. The third kappa shape index (κ3) is 7.33. The zero-order valence-corrected chi connectivity index (χ0v) is 19.0. The van der Waals surface area contributed by atoms with Crippen LogP contribution in [0, 0.1) is 0 Å². The van der Waals surface area contributed by atoms with Crippen LogP contribution in [-0.4, -0.2) is 10.9 Å². The monoisotopic (exact) mass is 462 g/mol. The minimum Gasteiger partial charge on any atom is -0.508 e. The van der Waals surface area contributed by atoms with E-state index in [1.54, 1.807) is 55.5 Å². The molecule has 0 unspecified atom stereocenters. The predicted molar refractivity (Wildman–Crippen MR) is 134 cm³/mol. The molecule has 0 aliphatic heterocycles. The van der Waals surface area contributed by atoms with E-state index < -0.39 is 0 Å². The molecule has 0 atom stereocenters. The molecular formula is C27H22N6O2. The highest BCUT2D eigenvalue weighted by Gasteiger charge is 1.99. The Hall–Kier alpha value is -4.85. The van der Waals surface area contributed by atoms with Crippen LogP contribution in [0.5, 0.6) is 5.75 Å². The minimum absolute atomic E-state index is 0.127. The number of phenols is 1. The molecule has 0 heterocycles. The van der Waals surface area contributed by atoms with Gasteiger partial charge < -0.3 is 5.11 Å². The van der Waals surface area contributed by atoms with Gasteiger partial charge in [0.15, 0.2) is 0 Å². The molecular weight excluding hydrogens is 440 g/mol. The first-order valence-corrected chi connectivity index (χ1v) is 10.9. The lowest BCUT2D eigenvalue weighted by atomic mass is 10.1.